The van der Waals surface area contributed by atoms with Gasteiger partial charge in [-0.1, -0.05) is 0 Å². The predicted molar refractivity (Wildman–Crippen MR) is 59.7 cm³/mol. The van der Waals surface area contributed by atoms with Gasteiger partial charge in [0.05, 0.1) is 6.61 Å². The molecule has 0 aromatic heterocycles. The molecule has 0 radical (unpaired) electrons. The van der Waals surface area contributed by atoms with Crippen LogP contribution in [-0.2, 0) is 0 Å². The average Bonchev–Trinajstić information content (AvgIpc) is 2.20. The Labute approximate surface area is 86.2 Å². The number of aliphatic hydroxyl groups is 1. The minimum atomic E-state index is 0.0972. The van der Waals surface area contributed by atoms with E-state index in [9.17, 15) is 0 Å². The molecule has 9 N–H and O–H groups in total. The van der Waals surface area contributed by atoms with Gasteiger partial charge in [-0.3, -0.25) is 4.90 Å². The summed E-state index contributed by atoms with van der Waals surface area (Å²) in [7, 11) is 0. The monoisotopic (exact) mass is 207 g/mol. The molecule has 0 fully saturated rings. The van der Waals surface area contributed by atoms with Crippen molar-refractivity contribution in [3.63, 3.8) is 0 Å². The Bertz CT molecular complexity index is 77.5. The third kappa shape index (κ3) is 14.3. The van der Waals surface area contributed by atoms with Gasteiger partial charge in [0.1, 0.15) is 0 Å². The highest BCUT2D eigenvalue weighted by molar-refractivity contribution is 4.58. The molecule has 0 saturated carbocycles. The molecule has 6 heteroatoms. The van der Waals surface area contributed by atoms with Gasteiger partial charge in [-0.25, -0.2) is 0 Å². The summed E-state index contributed by atoms with van der Waals surface area (Å²) in [6.45, 7) is 5.21. The van der Waals surface area contributed by atoms with Gasteiger partial charge in [0, 0.05) is 45.8 Å². The van der Waals surface area contributed by atoms with Crippen molar-refractivity contribution in [2.24, 2.45) is 22.9 Å². The van der Waals surface area contributed by atoms with Gasteiger partial charge in [-0.15, -0.1) is 0 Å². The van der Waals surface area contributed by atoms with Crippen LogP contribution in [0.3, 0.4) is 0 Å². The Balaban J connectivity index is 0. The van der Waals surface area contributed by atoms with Crippen molar-refractivity contribution in [3.8, 4) is 0 Å². The van der Waals surface area contributed by atoms with Crippen LogP contribution in [-0.4, -0.2) is 62.4 Å². The van der Waals surface area contributed by atoms with Crippen LogP contribution in [0.25, 0.3) is 0 Å². The maximum absolute atomic E-state index is 7.75. The summed E-state index contributed by atoms with van der Waals surface area (Å²) < 4.78 is 0. The van der Waals surface area contributed by atoms with E-state index in [2.05, 4.69) is 4.90 Å². The van der Waals surface area contributed by atoms with Crippen molar-refractivity contribution in [2.75, 3.05) is 52.4 Å². The molecule has 0 saturated heterocycles. The van der Waals surface area contributed by atoms with Crippen LogP contribution in [0.2, 0.25) is 0 Å². The van der Waals surface area contributed by atoms with Crippen molar-refractivity contribution >= 4 is 0 Å². The Kier molecular flexibility index (Phi) is 17.6. The Morgan fingerprint density at radius 2 is 1.00 bits per heavy atom. The molecule has 0 heterocycles. The first kappa shape index (κ1) is 16.2. The van der Waals surface area contributed by atoms with Gasteiger partial charge in [-0.05, 0) is 0 Å². The maximum atomic E-state index is 7.75. The standard InChI is InChI=1S/C6H18N4.C2H7NO/c7-1-4-10(5-2-8)6-3-9;3-1-2-4/h1-9H2;4H,1-3H2. The van der Waals surface area contributed by atoms with Gasteiger partial charge >= 0.3 is 0 Å². The SMILES string of the molecule is NCCN(CCN)CCN.NCCO. The first-order chi connectivity index (χ1) is 6.76. The van der Waals surface area contributed by atoms with Crippen LogP contribution >= 0.6 is 0 Å². The number of hydrogen-bond donors (Lipinski definition) is 5. The maximum Gasteiger partial charge on any atom is 0.0553 e. The van der Waals surface area contributed by atoms with Crippen LogP contribution in [0.15, 0.2) is 0 Å². The van der Waals surface area contributed by atoms with E-state index in [0.717, 1.165) is 19.6 Å². The summed E-state index contributed by atoms with van der Waals surface area (Å²) in [5.41, 5.74) is 20.9. The zero-order chi connectivity index (χ0) is 11.2. The van der Waals surface area contributed by atoms with Crippen LogP contribution in [0, 0.1) is 0 Å². The minimum absolute atomic E-state index is 0.0972. The topological polar surface area (TPSA) is 128 Å². The van der Waals surface area contributed by atoms with E-state index in [-0.39, 0.29) is 6.61 Å². The van der Waals surface area contributed by atoms with Gasteiger partial charge in [-0.2, -0.15) is 0 Å². The first-order valence-electron chi connectivity index (χ1n) is 4.90. The quantitative estimate of drug-likeness (QED) is 0.305. The Hall–Kier alpha value is -0.240. The Morgan fingerprint density at radius 3 is 1.14 bits per heavy atom. The highest BCUT2D eigenvalue weighted by Gasteiger charge is 1.98. The summed E-state index contributed by atoms with van der Waals surface area (Å²) in [5, 5.41) is 7.75. The second-order valence-corrected chi connectivity index (χ2v) is 2.72. The largest absolute Gasteiger partial charge is 0.395 e. The average molecular weight is 207 g/mol. The number of hydrogen-bond acceptors (Lipinski definition) is 6. The molecule has 0 aliphatic carbocycles. The molecule has 0 rings (SSSR count). The van der Waals surface area contributed by atoms with E-state index in [1.807, 2.05) is 0 Å². The molecule has 0 atom stereocenters. The predicted octanol–water partition coefficient (Wildman–Crippen LogP) is -2.90. The molecule has 0 bridgehead atoms. The summed E-state index contributed by atoms with van der Waals surface area (Å²) in [4.78, 5) is 2.17. The van der Waals surface area contributed by atoms with Crippen LogP contribution in [0.5, 0.6) is 0 Å². The first-order valence-corrected chi connectivity index (χ1v) is 4.90. The fourth-order valence-corrected chi connectivity index (χ4v) is 0.883. The molecule has 0 aliphatic heterocycles. The molecule has 0 aromatic rings. The summed E-state index contributed by atoms with van der Waals surface area (Å²) in [5.74, 6) is 0. The lowest BCUT2D eigenvalue weighted by molar-refractivity contribution is 0.297. The Morgan fingerprint density at radius 1 is 0.714 bits per heavy atom. The van der Waals surface area contributed by atoms with Crippen molar-refractivity contribution in [2.45, 2.75) is 0 Å². The molecular formula is C8H25N5O. The highest BCUT2D eigenvalue weighted by Crippen LogP contribution is 1.81. The summed E-state index contributed by atoms with van der Waals surface area (Å²) >= 11 is 0. The van der Waals surface area contributed by atoms with E-state index < -0.39 is 0 Å². The lowest BCUT2D eigenvalue weighted by atomic mass is 10.4. The summed E-state index contributed by atoms with van der Waals surface area (Å²) in [6.07, 6.45) is 0. The number of rotatable bonds is 7. The molecule has 14 heavy (non-hydrogen) atoms. The van der Waals surface area contributed by atoms with Crippen molar-refractivity contribution in [1.82, 2.24) is 4.90 Å². The van der Waals surface area contributed by atoms with Crippen LogP contribution in [0.1, 0.15) is 0 Å². The zero-order valence-corrected chi connectivity index (χ0v) is 8.86. The van der Waals surface area contributed by atoms with Gasteiger partial charge in [0.25, 0.3) is 0 Å². The normalized spacial score (nSPS) is 9.86. The van der Waals surface area contributed by atoms with Crippen LogP contribution in [0.4, 0.5) is 0 Å². The molecule has 0 aliphatic rings. The molecule has 0 amide bonds. The van der Waals surface area contributed by atoms with Crippen molar-refractivity contribution < 1.29 is 5.11 Å². The molecule has 6 nitrogen and oxygen atoms in total. The van der Waals surface area contributed by atoms with E-state index >= 15 is 0 Å². The fraction of sp³-hybridized carbons (Fsp3) is 1.00. The van der Waals surface area contributed by atoms with Crippen LogP contribution < -0.4 is 22.9 Å². The van der Waals surface area contributed by atoms with Gasteiger partial charge < -0.3 is 28.0 Å². The number of nitrogens with zero attached hydrogens (tertiary/aromatic N) is 1. The smallest absolute Gasteiger partial charge is 0.0553 e. The minimum Gasteiger partial charge on any atom is -0.395 e. The molecule has 0 spiro atoms. The van der Waals surface area contributed by atoms with E-state index in [1.54, 1.807) is 0 Å². The molecular weight excluding hydrogens is 182 g/mol. The van der Waals surface area contributed by atoms with E-state index in [4.69, 9.17) is 28.0 Å². The van der Waals surface area contributed by atoms with E-state index in [0.29, 0.717) is 26.2 Å². The van der Waals surface area contributed by atoms with Crippen molar-refractivity contribution in [3.05, 3.63) is 0 Å². The van der Waals surface area contributed by atoms with E-state index in [1.165, 1.54) is 0 Å². The molecule has 0 unspecified atom stereocenters. The fourth-order valence-electron chi connectivity index (χ4n) is 0.883. The molecule has 88 valence electrons. The second kappa shape index (κ2) is 15.2. The van der Waals surface area contributed by atoms with Crippen molar-refractivity contribution in [1.29, 1.82) is 0 Å². The van der Waals surface area contributed by atoms with Gasteiger partial charge in [0.2, 0.25) is 0 Å². The van der Waals surface area contributed by atoms with Gasteiger partial charge in [0.15, 0.2) is 0 Å². The second-order valence-electron chi connectivity index (χ2n) is 2.72. The number of nitrogens with two attached hydrogens (primary N) is 4. The highest BCUT2D eigenvalue weighted by atomic mass is 16.3. The zero-order valence-electron chi connectivity index (χ0n) is 8.86. The third-order valence-corrected chi connectivity index (χ3v) is 1.47. The number of aliphatic hydroxyl groups excluding tert-OH is 1. The molecule has 0 aromatic carbocycles. The third-order valence-electron chi connectivity index (χ3n) is 1.47. The summed E-state index contributed by atoms with van der Waals surface area (Å²) in [6, 6.07) is 0. The lowest BCUT2D eigenvalue weighted by Gasteiger charge is -2.18. The lowest BCUT2D eigenvalue weighted by Crippen LogP contribution is -2.37.